The van der Waals surface area contributed by atoms with Gasteiger partial charge < -0.3 is 10.1 Å². The third kappa shape index (κ3) is 5.30. The molecule has 29 heavy (non-hydrogen) atoms. The van der Waals surface area contributed by atoms with Crippen molar-refractivity contribution in [1.29, 1.82) is 0 Å². The summed E-state index contributed by atoms with van der Waals surface area (Å²) in [6, 6.07) is 4.10. The minimum Gasteiger partial charge on any atom is -0.373 e. The molecule has 2 saturated heterocycles. The summed E-state index contributed by atoms with van der Waals surface area (Å²) in [7, 11) is -3.60. The lowest BCUT2D eigenvalue weighted by molar-refractivity contribution is -0.126. The monoisotopic (exact) mass is 443 g/mol. The second kappa shape index (κ2) is 9.31. The van der Waals surface area contributed by atoms with Gasteiger partial charge >= 0.3 is 0 Å². The van der Waals surface area contributed by atoms with Gasteiger partial charge in [0, 0.05) is 26.2 Å². The molecule has 0 radical (unpaired) electrons. The molecule has 3 atom stereocenters. The van der Waals surface area contributed by atoms with Gasteiger partial charge in [0.25, 0.3) is 0 Å². The number of carbonyl (C=O) groups is 1. The average Bonchev–Trinajstić information content (AvgIpc) is 2.68. The number of nitrogens with one attached hydrogen (secondary N) is 1. The number of halogens is 1. The molecule has 1 N–H and O–H groups in total. The molecule has 0 aliphatic carbocycles. The van der Waals surface area contributed by atoms with Gasteiger partial charge in [-0.05, 0) is 51.8 Å². The maximum Gasteiger partial charge on any atom is 0.243 e. The number of rotatable bonds is 5. The van der Waals surface area contributed by atoms with E-state index < -0.39 is 10.0 Å². The molecule has 0 bridgehead atoms. The van der Waals surface area contributed by atoms with Gasteiger partial charge in [-0.25, -0.2) is 8.42 Å². The Kier molecular flexibility index (Phi) is 7.22. The first kappa shape index (κ1) is 22.5. The Balaban J connectivity index is 1.75. The van der Waals surface area contributed by atoms with Crippen LogP contribution in [0.5, 0.6) is 0 Å². The lowest BCUT2D eigenvalue weighted by Crippen LogP contribution is -2.52. The molecule has 2 heterocycles. The van der Waals surface area contributed by atoms with Gasteiger partial charge in [0.2, 0.25) is 15.9 Å². The van der Waals surface area contributed by atoms with Crippen LogP contribution in [0.15, 0.2) is 23.1 Å². The Hall–Kier alpha value is -1.19. The number of hydrogen-bond acceptors (Lipinski definition) is 5. The Morgan fingerprint density at radius 2 is 1.79 bits per heavy atom. The summed E-state index contributed by atoms with van der Waals surface area (Å²) in [6.45, 7) is 8.18. The van der Waals surface area contributed by atoms with E-state index in [-0.39, 0.29) is 29.1 Å². The first-order valence-electron chi connectivity index (χ1n) is 10.2. The molecule has 0 spiro atoms. The van der Waals surface area contributed by atoms with Crippen LogP contribution in [-0.4, -0.2) is 68.0 Å². The number of nitrogens with zero attached hydrogens (tertiary/aromatic N) is 2. The smallest absolute Gasteiger partial charge is 0.243 e. The standard InChI is InChI=1S/C20H30ClN3O4S/c1-14-12-23(13-15(2)28-14)16(3)20(25)22-19-11-17(7-8-18(19)21)29(26,27)24-9-5-4-6-10-24/h7-8,11,14-16H,4-6,9-10,12-13H2,1-3H3,(H,22,25)/t14-,15+,16-/m0/s1. The van der Waals surface area contributed by atoms with Crippen molar-refractivity contribution in [3.05, 3.63) is 23.2 Å². The number of hydrogen-bond donors (Lipinski definition) is 1. The SMILES string of the molecule is C[C@@H]1CN([C@@H](C)C(=O)Nc2cc(S(=O)(=O)N3CCCCC3)ccc2Cl)C[C@H](C)O1. The predicted octanol–water partition coefficient (Wildman–Crippen LogP) is 2.95. The van der Waals surface area contributed by atoms with Crippen LogP contribution in [0.25, 0.3) is 0 Å². The summed E-state index contributed by atoms with van der Waals surface area (Å²) in [5.74, 6) is -0.222. The molecule has 0 saturated carbocycles. The van der Waals surface area contributed by atoms with E-state index in [1.165, 1.54) is 22.5 Å². The molecule has 0 unspecified atom stereocenters. The van der Waals surface area contributed by atoms with Gasteiger partial charge in [0.05, 0.1) is 33.9 Å². The average molecular weight is 444 g/mol. The highest BCUT2D eigenvalue weighted by atomic mass is 35.5. The molecule has 1 aromatic carbocycles. The van der Waals surface area contributed by atoms with E-state index in [0.717, 1.165) is 19.3 Å². The van der Waals surface area contributed by atoms with Crippen LogP contribution in [0.3, 0.4) is 0 Å². The third-order valence-electron chi connectivity index (χ3n) is 5.52. The van der Waals surface area contributed by atoms with Crippen LogP contribution in [0, 0.1) is 0 Å². The number of anilines is 1. The quantitative estimate of drug-likeness (QED) is 0.756. The minimum absolute atomic E-state index is 0.0515. The molecule has 2 fully saturated rings. The van der Waals surface area contributed by atoms with Crippen LogP contribution < -0.4 is 5.32 Å². The lowest BCUT2D eigenvalue weighted by atomic mass is 10.1. The summed E-state index contributed by atoms with van der Waals surface area (Å²) in [5.41, 5.74) is 0.316. The Morgan fingerprint density at radius 1 is 1.17 bits per heavy atom. The topological polar surface area (TPSA) is 79.0 Å². The Morgan fingerprint density at radius 3 is 2.41 bits per heavy atom. The molecular formula is C20H30ClN3O4S. The Bertz CT molecular complexity index is 832. The van der Waals surface area contributed by atoms with E-state index >= 15 is 0 Å². The summed E-state index contributed by atoms with van der Waals surface area (Å²) >= 11 is 6.26. The molecule has 1 amide bonds. The lowest BCUT2D eigenvalue weighted by Gasteiger charge is -2.38. The van der Waals surface area contributed by atoms with Crippen molar-refractivity contribution < 1.29 is 17.9 Å². The highest BCUT2D eigenvalue weighted by molar-refractivity contribution is 7.89. The molecule has 3 rings (SSSR count). The van der Waals surface area contributed by atoms with Crippen molar-refractivity contribution in [2.75, 3.05) is 31.5 Å². The Labute approximate surface area is 178 Å². The first-order valence-corrected chi connectivity index (χ1v) is 12.0. The molecule has 1 aromatic rings. The van der Waals surface area contributed by atoms with Gasteiger partial charge in [0.1, 0.15) is 0 Å². The van der Waals surface area contributed by atoms with Crippen LogP contribution >= 0.6 is 11.6 Å². The highest BCUT2D eigenvalue weighted by Crippen LogP contribution is 2.28. The second-order valence-corrected chi connectivity index (χ2v) is 10.3. The number of piperidine rings is 1. The number of sulfonamides is 1. The van der Waals surface area contributed by atoms with E-state index in [4.69, 9.17) is 16.3 Å². The van der Waals surface area contributed by atoms with E-state index in [2.05, 4.69) is 10.2 Å². The fourth-order valence-electron chi connectivity index (χ4n) is 3.95. The number of amides is 1. The van der Waals surface area contributed by atoms with E-state index in [0.29, 0.717) is 36.9 Å². The molecule has 2 aliphatic rings. The molecule has 0 aromatic heterocycles. The number of carbonyl (C=O) groups excluding carboxylic acids is 1. The predicted molar refractivity (Wildman–Crippen MR) is 114 cm³/mol. The van der Waals surface area contributed by atoms with Crippen LogP contribution in [0.1, 0.15) is 40.0 Å². The normalized spacial score (nSPS) is 25.5. The van der Waals surface area contributed by atoms with Crippen molar-refractivity contribution in [3.8, 4) is 0 Å². The minimum atomic E-state index is -3.60. The van der Waals surface area contributed by atoms with Crippen molar-refractivity contribution in [1.82, 2.24) is 9.21 Å². The number of ether oxygens (including phenoxy) is 1. The largest absolute Gasteiger partial charge is 0.373 e. The molecule has 7 nitrogen and oxygen atoms in total. The molecular weight excluding hydrogens is 414 g/mol. The second-order valence-electron chi connectivity index (χ2n) is 7.98. The van der Waals surface area contributed by atoms with E-state index in [1.54, 1.807) is 0 Å². The van der Waals surface area contributed by atoms with Crippen molar-refractivity contribution >= 4 is 33.2 Å². The van der Waals surface area contributed by atoms with Crippen LogP contribution in [0.4, 0.5) is 5.69 Å². The molecule has 2 aliphatic heterocycles. The summed E-state index contributed by atoms with van der Waals surface area (Å²) in [6.07, 6.45) is 2.88. The zero-order chi connectivity index (χ0) is 21.2. The molecule has 162 valence electrons. The van der Waals surface area contributed by atoms with Gasteiger partial charge in [-0.2, -0.15) is 4.31 Å². The fraction of sp³-hybridized carbons (Fsp3) is 0.650. The van der Waals surface area contributed by atoms with Gasteiger partial charge in [-0.1, -0.05) is 18.0 Å². The summed E-state index contributed by atoms with van der Waals surface area (Å²) in [4.78, 5) is 15.0. The van der Waals surface area contributed by atoms with Crippen molar-refractivity contribution in [2.24, 2.45) is 0 Å². The van der Waals surface area contributed by atoms with Crippen molar-refractivity contribution in [2.45, 2.75) is 63.2 Å². The maximum absolute atomic E-state index is 12.9. The van der Waals surface area contributed by atoms with Crippen LogP contribution in [-0.2, 0) is 19.6 Å². The van der Waals surface area contributed by atoms with Gasteiger partial charge in [0.15, 0.2) is 0 Å². The zero-order valence-electron chi connectivity index (χ0n) is 17.2. The van der Waals surface area contributed by atoms with Crippen molar-refractivity contribution in [3.63, 3.8) is 0 Å². The third-order valence-corrected chi connectivity index (χ3v) is 7.75. The maximum atomic E-state index is 12.9. The van der Waals surface area contributed by atoms with Gasteiger partial charge in [-0.15, -0.1) is 0 Å². The number of morpholine rings is 1. The molecule has 9 heteroatoms. The van der Waals surface area contributed by atoms with E-state index in [9.17, 15) is 13.2 Å². The first-order chi connectivity index (χ1) is 13.7. The fourth-order valence-corrected chi connectivity index (χ4v) is 5.66. The summed E-state index contributed by atoms with van der Waals surface area (Å²) in [5, 5.41) is 3.13. The highest BCUT2D eigenvalue weighted by Gasteiger charge is 2.30. The van der Waals surface area contributed by atoms with E-state index in [1.807, 2.05) is 20.8 Å². The zero-order valence-corrected chi connectivity index (χ0v) is 18.8. The van der Waals surface area contributed by atoms with Gasteiger partial charge in [-0.3, -0.25) is 9.69 Å². The summed E-state index contributed by atoms with van der Waals surface area (Å²) < 4.78 is 33.1. The van der Waals surface area contributed by atoms with Crippen LogP contribution in [0.2, 0.25) is 5.02 Å². The number of benzene rings is 1.